The molecule has 26 heteroatoms. The summed E-state index contributed by atoms with van der Waals surface area (Å²) in [5, 5.41) is 24.1. The number of aromatic nitrogens is 2. The zero-order valence-electron chi connectivity index (χ0n) is 38.9. The summed E-state index contributed by atoms with van der Waals surface area (Å²) in [5.74, 6) is 4.96. The summed E-state index contributed by atoms with van der Waals surface area (Å²) >= 11 is 0. The maximum atomic E-state index is 13.5. The number of benzene rings is 3. The Labute approximate surface area is 416 Å². The minimum atomic E-state index is -4.42. The number of aromatic carboxylic acids is 1. The summed E-state index contributed by atoms with van der Waals surface area (Å²) in [7, 11) is 0.0762. The van der Waals surface area contributed by atoms with Crippen LogP contribution in [0.1, 0.15) is 70.3 Å². The normalized spacial score (nSPS) is 16.5. The molecule has 2 amide bonds. The Morgan fingerprint density at radius 3 is 2.61 bits per heavy atom. The Hall–Kier alpha value is -5.95. The highest BCUT2D eigenvalue weighted by Gasteiger charge is 2.39. The zero-order chi connectivity index (χ0) is 51.2. The maximum absolute atomic E-state index is 13.5. The minimum absolute atomic E-state index is 0.00373. The van der Waals surface area contributed by atoms with Crippen LogP contribution in [-0.4, -0.2) is 101 Å². The number of phosphoric acid groups is 1. The van der Waals surface area contributed by atoms with E-state index >= 15 is 0 Å². The minimum Gasteiger partial charge on any atom is -0.478 e. The van der Waals surface area contributed by atoms with E-state index in [0.29, 0.717) is 64.6 Å². The number of H-pyrrole nitrogens is 1. The van der Waals surface area contributed by atoms with Crippen molar-refractivity contribution in [1.82, 2.24) is 20.2 Å². The average Bonchev–Trinajstić information content (AvgIpc) is 3.74. The van der Waals surface area contributed by atoms with Crippen molar-refractivity contribution in [3.63, 3.8) is 0 Å². The van der Waals surface area contributed by atoms with Crippen molar-refractivity contribution < 1.29 is 51.7 Å². The van der Waals surface area contributed by atoms with E-state index in [4.69, 9.17) is 23.9 Å². The van der Waals surface area contributed by atoms with Crippen LogP contribution in [0.5, 0.6) is 0 Å². The van der Waals surface area contributed by atoms with E-state index in [0.717, 1.165) is 26.7 Å². The molecular formula is C45H51N9O13P2S2. The smallest absolute Gasteiger partial charge is 0.474 e. The molecule has 0 spiro atoms. The molecule has 0 radical (unpaired) electrons. The van der Waals surface area contributed by atoms with Gasteiger partial charge < -0.3 is 39.8 Å². The molecule has 0 bridgehead atoms. The number of azide groups is 1. The molecule has 22 nitrogen and oxygen atoms in total. The molecule has 6 N–H and O–H groups in total. The number of fused-ring (bicyclic) bond motifs is 2. The van der Waals surface area contributed by atoms with Crippen LogP contribution in [-0.2, 0) is 27.7 Å². The first-order valence-electron chi connectivity index (χ1n) is 22.0. The van der Waals surface area contributed by atoms with Crippen molar-refractivity contribution in [2.75, 3.05) is 56.3 Å². The quantitative estimate of drug-likeness (QED) is 0.00652. The molecule has 5 atom stereocenters. The molecule has 3 aromatic rings. The number of hydrogen-bond donors (Lipinski definition) is 6. The SMILES string of the molecule is CCN=c1cc2oc3cc(NCC)c(C)cc3c(-c3cc(C(=O)NCCSSCCC(=O)NCC#Cc4cn([C@H]5C[C@H](OCN=[N+]=[N-])[C@@H](COP(=O)(O)OP)O5)c(=O)[nH]c4=O)ccc3C(=O)O)c-2cc1C. The third kappa shape index (κ3) is 14.1. The molecule has 71 heavy (non-hydrogen) atoms. The van der Waals surface area contributed by atoms with Crippen molar-refractivity contribution in [3.8, 4) is 34.3 Å². The van der Waals surface area contributed by atoms with Crippen LogP contribution in [0.4, 0.5) is 5.69 Å². The van der Waals surface area contributed by atoms with Crippen LogP contribution >= 0.6 is 38.9 Å². The van der Waals surface area contributed by atoms with Gasteiger partial charge in [0.05, 0.1) is 30.2 Å². The number of phosphoric ester groups is 1. The van der Waals surface area contributed by atoms with Crippen molar-refractivity contribution in [1.29, 1.82) is 0 Å². The summed E-state index contributed by atoms with van der Waals surface area (Å²) in [6.45, 7) is 8.39. The summed E-state index contributed by atoms with van der Waals surface area (Å²) < 4.78 is 39.9. The van der Waals surface area contributed by atoms with Gasteiger partial charge in [-0.25, -0.2) is 14.2 Å². The van der Waals surface area contributed by atoms with Crippen molar-refractivity contribution in [2.24, 2.45) is 10.1 Å². The second-order valence-corrected chi connectivity index (χ2v) is 20.3. The highest BCUT2D eigenvalue weighted by molar-refractivity contribution is 8.76. The molecule has 1 aromatic heterocycles. The number of nitrogens with one attached hydrogen (secondary N) is 4. The topological polar surface area (TPSA) is 311 Å². The Morgan fingerprint density at radius 1 is 1.08 bits per heavy atom. The van der Waals surface area contributed by atoms with Crippen LogP contribution in [0.2, 0.25) is 0 Å². The lowest BCUT2D eigenvalue weighted by molar-refractivity contribution is -0.120. The van der Waals surface area contributed by atoms with Gasteiger partial charge in [-0.3, -0.25) is 37.8 Å². The molecule has 1 saturated heterocycles. The van der Waals surface area contributed by atoms with Gasteiger partial charge in [0.15, 0.2) is 0 Å². The lowest BCUT2D eigenvalue weighted by atomic mass is 9.88. The number of aryl methyl sites for hydroxylation is 2. The number of nitrogens with zero attached hydrogens (tertiary/aromatic N) is 5. The van der Waals surface area contributed by atoms with Crippen LogP contribution in [0, 0.1) is 25.7 Å². The first kappa shape index (κ1) is 54.4. The number of rotatable bonds is 22. The van der Waals surface area contributed by atoms with E-state index in [1.54, 1.807) is 15.5 Å². The van der Waals surface area contributed by atoms with E-state index in [9.17, 15) is 38.5 Å². The summed E-state index contributed by atoms with van der Waals surface area (Å²) in [5.41, 5.74) is 12.1. The van der Waals surface area contributed by atoms with E-state index in [1.165, 1.54) is 39.9 Å². The molecule has 2 aliphatic heterocycles. The molecule has 376 valence electrons. The number of carboxylic acid groups (broad SMARTS) is 1. The molecule has 0 saturated carbocycles. The van der Waals surface area contributed by atoms with Crippen molar-refractivity contribution in [3.05, 3.63) is 113 Å². The number of carboxylic acids is 1. The second kappa shape index (κ2) is 25.4. The van der Waals surface area contributed by atoms with E-state index in [-0.39, 0.29) is 47.9 Å². The van der Waals surface area contributed by atoms with Crippen LogP contribution in [0.15, 0.2) is 72.8 Å². The molecule has 2 unspecified atom stereocenters. The summed E-state index contributed by atoms with van der Waals surface area (Å²) in [6, 6.07) is 12.2. The van der Waals surface area contributed by atoms with Gasteiger partial charge >= 0.3 is 19.5 Å². The Balaban J connectivity index is 1.02. The van der Waals surface area contributed by atoms with E-state index in [2.05, 4.69) is 52.1 Å². The highest BCUT2D eigenvalue weighted by atomic mass is 33.1. The Kier molecular flexibility index (Phi) is 19.5. The molecule has 3 heterocycles. The first-order valence-corrected chi connectivity index (χ1v) is 26.4. The lowest BCUT2D eigenvalue weighted by Crippen LogP contribution is -2.34. The van der Waals surface area contributed by atoms with Crippen molar-refractivity contribution in [2.45, 2.75) is 59.0 Å². The van der Waals surface area contributed by atoms with Gasteiger partial charge in [-0.1, -0.05) is 38.5 Å². The van der Waals surface area contributed by atoms with Crippen LogP contribution < -0.4 is 32.6 Å². The fraction of sp³-hybridized carbons (Fsp3) is 0.378. The maximum Gasteiger partial charge on any atom is 0.474 e. The van der Waals surface area contributed by atoms with E-state index in [1.807, 2.05) is 52.0 Å². The van der Waals surface area contributed by atoms with Gasteiger partial charge in [0.25, 0.3) is 11.5 Å². The van der Waals surface area contributed by atoms with Gasteiger partial charge in [-0.05, 0) is 80.2 Å². The first-order chi connectivity index (χ1) is 34.1. The number of anilines is 1. The summed E-state index contributed by atoms with van der Waals surface area (Å²) in [4.78, 5) is 83.2. The third-order valence-corrected chi connectivity index (χ3v) is 14.8. The number of ether oxygens (including phenoxy) is 2. The molecule has 1 aliphatic carbocycles. The monoisotopic (exact) mass is 1050 g/mol. The van der Waals surface area contributed by atoms with E-state index < -0.39 is 56.8 Å². The predicted octanol–water partition coefficient (Wildman–Crippen LogP) is 6.26. The summed E-state index contributed by atoms with van der Waals surface area (Å²) in [6.07, 6.45) is -1.58. The van der Waals surface area contributed by atoms with Crippen LogP contribution in [0.3, 0.4) is 0 Å². The fourth-order valence-corrected chi connectivity index (χ4v) is 10.0. The average molecular weight is 1050 g/mol. The van der Waals surface area contributed by atoms with Gasteiger partial charge in [0.1, 0.15) is 36.0 Å². The number of carbonyl (C=O) groups excluding carboxylic acids is 2. The largest absolute Gasteiger partial charge is 0.478 e. The molecule has 2 aromatic carbocycles. The molecule has 3 aliphatic rings. The van der Waals surface area contributed by atoms with Gasteiger partial charge in [-0.2, -0.15) is 0 Å². The number of amides is 2. The third-order valence-electron chi connectivity index (χ3n) is 10.8. The lowest BCUT2D eigenvalue weighted by Gasteiger charge is -2.20. The number of hydrogen-bond acceptors (Lipinski definition) is 16. The molecule has 1 fully saturated rings. The molecular weight excluding hydrogens is 1000 g/mol. The number of carbonyl (C=O) groups is 3. The molecule has 6 rings (SSSR count). The van der Waals surface area contributed by atoms with Gasteiger partial charge in [-0.15, -0.1) is 0 Å². The fourth-order valence-electron chi connectivity index (χ4n) is 7.55. The highest BCUT2D eigenvalue weighted by Crippen LogP contribution is 2.47. The van der Waals surface area contributed by atoms with Gasteiger partial charge in [0, 0.05) is 104 Å². The van der Waals surface area contributed by atoms with Crippen molar-refractivity contribution >= 4 is 73.3 Å². The standard InChI is InChI=1S/C45H51N9O13P2S2/c1-5-47-33-19-35-31(16-25(33)3)41(32-17-26(4)34(48-6-2)20-36(32)65-35)30-18-27(9-10-29(30)44(58)59)42(56)50-13-15-71-70-14-11-39(55)49-12-7-8-28-22-54(45(60)52-43(28)57)40-21-37(63-24-51-53-46)38(66-40)23-64-69(61,62)67-68/h9-10,16-20,22,37-38,40,47H,5-6,11-15,21,23-24,68H2,1-4H3,(H,49,55)(H,50,56)(H,58,59)(H,61,62)(H,52,57,60)/t37-,38+,40+/m0/s1. The van der Waals surface area contributed by atoms with Crippen LogP contribution in [0.25, 0.3) is 43.9 Å². The Bertz CT molecular complexity index is 3130. The van der Waals surface area contributed by atoms with Gasteiger partial charge in [0.2, 0.25) is 5.91 Å². The second-order valence-electron chi connectivity index (χ2n) is 15.6. The predicted molar refractivity (Wildman–Crippen MR) is 272 cm³/mol. The Morgan fingerprint density at radius 2 is 1.87 bits per heavy atom. The number of aromatic amines is 1. The zero-order valence-corrected chi connectivity index (χ0v) is 42.6.